The molecule has 2 saturated heterocycles. The summed E-state index contributed by atoms with van der Waals surface area (Å²) in [5.74, 6) is -0.380. The van der Waals surface area contributed by atoms with Crippen molar-refractivity contribution in [3.05, 3.63) is 40.6 Å². The minimum absolute atomic E-state index is 0.00493. The first-order valence-electron chi connectivity index (χ1n) is 8.32. The van der Waals surface area contributed by atoms with Crippen molar-refractivity contribution in [3.8, 4) is 5.69 Å². The maximum absolute atomic E-state index is 12.3. The van der Waals surface area contributed by atoms with Crippen LogP contribution in [0.1, 0.15) is 36.2 Å². The molecule has 0 spiro atoms. The summed E-state index contributed by atoms with van der Waals surface area (Å²) in [6.45, 7) is 2.21. The van der Waals surface area contributed by atoms with Gasteiger partial charge in [0.2, 0.25) is 0 Å². The van der Waals surface area contributed by atoms with Crippen LogP contribution in [0.4, 0.5) is 0 Å². The number of esters is 1. The molecule has 0 N–H and O–H groups in total. The van der Waals surface area contributed by atoms with Gasteiger partial charge in [-0.15, -0.1) is 5.10 Å². The summed E-state index contributed by atoms with van der Waals surface area (Å²) >= 11 is 3.39. The zero-order valence-electron chi connectivity index (χ0n) is 13.3. The number of halogens is 1. The molecule has 2 aliphatic heterocycles. The van der Waals surface area contributed by atoms with E-state index in [-0.39, 0.29) is 17.8 Å². The van der Waals surface area contributed by atoms with E-state index in [4.69, 9.17) is 4.74 Å². The number of aromatic nitrogens is 3. The van der Waals surface area contributed by atoms with Crippen LogP contribution in [0.3, 0.4) is 0 Å². The van der Waals surface area contributed by atoms with E-state index in [2.05, 4.69) is 31.0 Å². The maximum Gasteiger partial charge on any atom is 0.360 e. The van der Waals surface area contributed by atoms with Crippen molar-refractivity contribution in [1.29, 1.82) is 0 Å². The lowest BCUT2D eigenvalue weighted by molar-refractivity contribution is 0.00361. The standard InChI is InChI=1S/C17H19BrN4O2/c18-12-3-5-13(6-4-12)22-19-11-16(20-22)17(23)24-15-7-9-21-8-1-2-14(21)10-15/h3-6,11,14-15H,1-2,7-10H2/t14-,15-/m1/s1. The third-order valence-corrected chi connectivity index (χ3v) is 5.33. The molecule has 0 unspecified atom stereocenters. The normalized spacial score (nSPS) is 23.9. The Morgan fingerprint density at radius 2 is 2.04 bits per heavy atom. The monoisotopic (exact) mass is 390 g/mol. The Balaban J connectivity index is 1.41. The maximum atomic E-state index is 12.3. The zero-order chi connectivity index (χ0) is 16.5. The van der Waals surface area contributed by atoms with Gasteiger partial charge in [-0.05, 0) is 56.5 Å². The summed E-state index contributed by atoms with van der Waals surface area (Å²) < 4.78 is 6.65. The fraction of sp³-hybridized carbons (Fsp3) is 0.471. The first kappa shape index (κ1) is 15.8. The summed E-state index contributed by atoms with van der Waals surface area (Å²) in [6.07, 6.45) is 5.78. The van der Waals surface area contributed by atoms with Crippen molar-refractivity contribution in [2.45, 2.75) is 37.8 Å². The number of benzene rings is 1. The third-order valence-electron chi connectivity index (χ3n) is 4.80. The third kappa shape index (κ3) is 3.23. The second-order valence-corrected chi connectivity index (χ2v) is 7.30. The summed E-state index contributed by atoms with van der Waals surface area (Å²) in [4.78, 5) is 16.3. The molecule has 4 rings (SSSR count). The quantitative estimate of drug-likeness (QED) is 0.754. The molecular weight excluding hydrogens is 372 g/mol. The lowest BCUT2D eigenvalue weighted by Gasteiger charge is -2.34. The molecule has 126 valence electrons. The van der Waals surface area contributed by atoms with Gasteiger partial charge in [0.05, 0.1) is 11.9 Å². The van der Waals surface area contributed by atoms with Crippen molar-refractivity contribution in [2.75, 3.05) is 13.1 Å². The molecule has 0 aliphatic carbocycles. The first-order chi connectivity index (χ1) is 11.7. The summed E-state index contributed by atoms with van der Waals surface area (Å²) in [5.41, 5.74) is 1.06. The second-order valence-electron chi connectivity index (χ2n) is 6.38. The number of hydrogen-bond acceptors (Lipinski definition) is 5. The van der Waals surface area contributed by atoms with E-state index < -0.39 is 0 Å². The van der Waals surface area contributed by atoms with E-state index in [0.717, 1.165) is 29.5 Å². The molecule has 1 aromatic heterocycles. The Labute approximate surface area is 148 Å². The molecule has 2 atom stereocenters. The van der Waals surface area contributed by atoms with Gasteiger partial charge in [0.1, 0.15) is 6.10 Å². The smallest absolute Gasteiger partial charge is 0.360 e. The molecule has 0 saturated carbocycles. The van der Waals surface area contributed by atoms with Crippen molar-refractivity contribution >= 4 is 21.9 Å². The fourth-order valence-corrected chi connectivity index (χ4v) is 3.83. The lowest BCUT2D eigenvalue weighted by Crippen LogP contribution is -2.41. The van der Waals surface area contributed by atoms with Gasteiger partial charge in [-0.25, -0.2) is 4.79 Å². The van der Waals surface area contributed by atoms with Crippen LogP contribution in [0.15, 0.2) is 34.9 Å². The Bertz CT molecular complexity index is 730. The summed E-state index contributed by atoms with van der Waals surface area (Å²) in [7, 11) is 0. The molecule has 3 heterocycles. The predicted octanol–water partition coefficient (Wildman–Crippen LogP) is 2.81. The molecular formula is C17H19BrN4O2. The molecule has 7 heteroatoms. The van der Waals surface area contributed by atoms with Crippen LogP contribution >= 0.6 is 15.9 Å². The number of carbonyl (C=O) groups excluding carboxylic acids is 1. The van der Waals surface area contributed by atoms with E-state index in [1.54, 1.807) is 0 Å². The average molecular weight is 391 g/mol. The molecule has 1 aromatic carbocycles. The fourth-order valence-electron chi connectivity index (χ4n) is 3.56. The molecule has 0 bridgehead atoms. The van der Waals surface area contributed by atoms with E-state index >= 15 is 0 Å². The Hall–Kier alpha value is -1.73. The highest BCUT2D eigenvalue weighted by Gasteiger charge is 2.33. The van der Waals surface area contributed by atoms with Crippen molar-refractivity contribution in [3.63, 3.8) is 0 Å². The van der Waals surface area contributed by atoms with Crippen LogP contribution in [0.25, 0.3) is 5.69 Å². The van der Waals surface area contributed by atoms with Gasteiger partial charge in [-0.1, -0.05) is 15.9 Å². The van der Waals surface area contributed by atoms with Crippen molar-refractivity contribution in [1.82, 2.24) is 19.9 Å². The highest BCUT2D eigenvalue weighted by atomic mass is 79.9. The zero-order valence-corrected chi connectivity index (χ0v) is 14.9. The SMILES string of the molecule is O=C(O[C@@H]1CCN2CCC[C@@H]2C1)c1cnn(-c2ccc(Br)cc2)n1. The minimum Gasteiger partial charge on any atom is -0.457 e. The van der Waals surface area contributed by atoms with Gasteiger partial charge in [-0.2, -0.15) is 9.90 Å². The molecule has 2 fully saturated rings. The Kier molecular flexibility index (Phi) is 4.37. The van der Waals surface area contributed by atoms with Gasteiger partial charge in [0.15, 0.2) is 5.69 Å². The second kappa shape index (κ2) is 6.64. The van der Waals surface area contributed by atoms with Crippen LogP contribution < -0.4 is 0 Å². The van der Waals surface area contributed by atoms with Crippen LogP contribution in [0.2, 0.25) is 0 Å². The van der Waals surface area contributed by atoms with Gasteiger partial charge in [-0.3, -0.25) is 0 Å². The molecule has 0 radical (unpaired) electrons. The minimum atomic E-state index is -0.380. The number of rotatable bonds is 3. The van der Waals surface area contributed by atoms with Gasteiger partial charge >= 0.3 is 5.97 Å². The van der Waals surface area contributed by atoms with Crippen LogP contribution in [-0.4, -0.2) is 51.1 Å². The van der Waals surface area contributed by atoms with Crippen molar-refractivity contribution < 1.29 is 9.53 Å². The van der Waals surface area contributed by atoms with Gasteiger partial charge in [0, 0.05) is 17.1 Å². The van der Waals surface area contributed by atoms with Crippen LogP contribution in [-0.2, 0) is 4.74 Å². The van der Waals surface area contributed by atoms with Gasteiger partial charge < -0.3 is 9.64 Å². The van der Waals surface area contributed by atoms with Crippen LogP contribution in [0, 0.1) is 0 Å². The number of piperidine rings is 1. The number of ether oxygens (including phenoxy) is 1. The number of hydrogen-bond donors (Lipinski definition) is 0. The first-order valence-corrected chi connectivity index (χ1v) is 9.12. The summed E-state index contributed by atoms with van der Waals surface area (Å²) in [6, 6.07) is 8.16. The lowest BCUT2D eigenvalue weighted by atomic mass is 10.00. The van der Waals surface area contributed by atoms with E-state index in [9.17, 15) is 4.79 Å². The molecule has 0 amide bonds. The number of fused-ring (bicyclic) bond motifs is 1. The van der Waals surface area contributed by atoms with E-state index in [1.807, 2.05) is 24.3 Å². The van der Waals surface area contributed by atoms with E-state index in [0.29, 0.717) is 6.04 Å². The average Bonchev–Trinajstić information content (AvgIpc) is 3.24. The largest absolute Gasteiger partial charge is 0.457 e. The molecule has 2 aromatic rings. The number of nitrogens with zero attached hydrogens (tertiary/aromatic N) is 4. The Morgan fingerprint density at radius 1 is 1.21 bits per heavy atom. The predicted molar refractivity (Wildman–Crippen MR) is 92.1 cm³/mol. The van der Waals surface area contributed by atoms with Crippen molar-refractivity contribution in [2.24, 2.45) is 0 Å². The van der Waals surface area contributed by atoms with Gasteiger partial charge in [0.25, 0.3) is 0 Å². The highest BCUT2D eigenvalue weighted by Crippen LogP contribution is 2.28. The van der Waals surface area contributed by atoms with E-state index in [1.165, 1.54) is 30.4 Å². The molecule has 2 aliphatic rings. The molecule has 24 heavy (non-hydrogen) atoms. The van der Waals surface area contributed by atoms with Crippen LogP contribution in [0.5, 0.6) is 0 Å². The highest BCUT2D eigenvalue weighted by molar-refractivity contribution is 9.10. The molecule has 6 nitrogen and oxygen atoms in total. The number of carbonyl (C=O) groups is 1. The summed E-state index contributed by atoms with van der Waals surface area (Å²) in [5, 5.41) is 8.41. The topological polar surface area (TPSA) is 60.2 Å². The Morgan fingerprint density at radius 3 is 2.88 bits per heavy atom.